The molecule has 1 aromatic carbocycles. The summed E-state index contributed by atoms with van der Waals surface area (Å²) in [6.45, 7) is 1.72. The Morgan fingerprint density at radius 3 is 2.89 bits per heavy atom. The second-order valence-electron chi connectivity index (χ2n) is 8.67. The molecule has 7 heteroatoms. The predicted octanol–water partition coefficient (Wildman–Crippen LogP) is 1.24. The van der Waals surface area contributed by atoms with E-state index in [1.54, 1.807) is 4.90 Å². The van der Waals surface area contributed by atoms with Crippen molar-refractivity contribution in [2.75, 3.05) is 19.6 Å². The van der Waals surface area contributed by atoms with Crippen LogP contribution >= 0.6 is 0 Å². The number of carbonyl (C=O) groups is 2. The molecular formula is C21H25N5O2. The van der Waals surface area contributed by atoms with Crippen LogP contribution in [0, 0.1) is 5.92 Å². The lowest BCUT2D eigenvalue weighted by Gasteiger charge is -2.35. The van der Waals surface area contributed by atoms with Gasteiger partial charge in [0.1, 0.15) is 11.7 Å². The molecule has 3 aliphatic heterocycles. The molecule has 3 N–H and O–H groups in total. The number of amides is 2. The van der Waals surface area contributed by atoms with Crippen molar-refractivity contribution in [3.8, 4) is 0 Å². The number of aromatic amines is 1. The zero-order chi connectivity index (χ0) is 19.8. The Hall–Kier alpha value is -2.38. The third-order valence-electron chi connectivity index (χ3n) is 6.90. The first-order valence-electron chi connectivity index (χ1n) is 10.7. The summed E-state index contributed by atoms with van der Waals surface area (Å²) in [5, 5.41) is 5.99. The molecule has 2 amide bonds. The molecule has 1 spiro atoms. The van der Waals surface area contributed by atoms with E-state index < -0.39 is 6.02 Å². The van der Waals surface area contributed by atoms with E-state index in [0.717, 1.165) is 36.6 Å². The van der Waals surface area contributed by atoms with Gasteiger partial charge in [-0.25, -0.2) is 5.01 Å². The highest BCUT2D eigenvalue weighted by molar-refractivity contribution is 5.98. The van der Waals surface area contributed by atoms with Gasteiger partial charge in [-0.3, -0.25) is 15.0 Å². The van der Waals surface area contributed by atoms with E-state index in [9.17, 15) is 9.59 Å². The third-order valence-corrected chi connectivity index (χ3v) is 6.90. The number of likely N-dealkylation sites (tertiary alicyclic amines) is 1. The molecule has 0 radical (unpaired) electrons. The van der Waals surface area contributed by atoms with Gasteiger partial charge >= 0.3 is 0 Å². The largest absolute Gasteiger partial charge is 0.351 e. The molecule has 4 heterocycles. The van der Waals surface area contributed by atoms with Crippen LogP contribution in [0.2, 0.25) is 0 Å². The number of hydrogen-bond donors (Lipinski definition) is 3. The number of piperidine rings is 1. The highest BCUT2D eigenvalue weighted by Gasteiger charge is 2.54. The summed E-state index contributed by atoms with van der Waals surface area (Å²) < 4.78 is 9.14. The molecule has 28 heavy (non-hydrogen) atoms. The van der Waals surface area contributed by atoms with E-state index in [-0.39, 0.29) is 29.3 Å². The standard InChI is InChI=1S/C21H25N5O2/c27-19-18-14-12-25(20(28)17-11-13-3-1-2-4-15(13)22-17)9-5-16(14)24-26(18)10-8-21(23-19)6-7-21/h1-4,11,14,16,18,22,24H,5-10,12H2,(H,23,27)/i18D. The minimum absolute atomic E-state index is 0.0540. The van der Waals surface area contributed by atoms with Crippen molar-refractivity contribution in [1.29, 1.82) is 0 Å². The highest BCUT2D eigenvalue weighted by atomic mass is 16.2. The fourth-order valence-electron chi connectivity index (χ4n) is 5.09. The molecule has 146 valence electrons. The lowest BCUT2D eigenvalue weighted by atomic mass is 9.87. The Labute approximate surface area is 164 Å². The molecule has 0 bridgehead atoms. The van der Waals surface area contributed by atoms with E-state index in [4.69, 9.17) is 1.37 Å². The van der Waals surface area contributed by atoms with Gasteiger partial charge in [-0.05, 0) is 37.8 Å². The minimum Gasteiger partial charge on any atom is -0.351 e. The van der Waals surface area contributed by atoms with Gasteiger partial charge in [0, 0.05) is 48.0 Å². The quantitative estimate of drug-likeness (QED) is 0.695. The van der Waals surface area contributed by atoms with Gasteiger partial charge in [0.05, 0.1) is 1.37 Å². The van der Waals surface area contributed by atoms with Gasteiger partial charge in [-0.15, -0.1) is 0 Å². The topological polar surface area (TPSA) is 80.5 Å². The number of rotatable bonds is 1. The summed E-state index contributed by atoms with van der Waals surface area (Å²) in [5.74, 6) is -0.528. The fraction of sp³-hybridized carbons (Fsp3) is 0.524. The monoisotopic (exact) mass is 380 g/mol. The zero-order valence-corrected chi connectivity index (χ0v) is 15.7. The summed E-state index contributed by atoms with van der Waals surface area (Å²) in [6.07, 6.45) is 3.62. The maximum atomic E-state index is 13.2. The van der Waals surface area contributed by atoms with Crippen LogP contribution in [0.25, 0.3) is 10.9 Å². The first-order valence-corrected chi connectivity index (χ1v) is 10.2. The average molecular weight is 380 g/mol. The molecule has 4 fully saturated rings. The molecule has 4 aliphatic rings. The van der Waals surface area contributed by atoms with Crippen LogP contribution in [0.15, 0.2) is 30.3 Å². The smallest absolute Gasteiger partial charge is 0.270 e. The number of H-pyrrole nitrogens is 1. The molecule has 1 aliphatic carbocycles. The maximum absolute atomic E-state index is 13.2. The number of carbonyl (C=O) groups excluding carboxylic acids is 2. The highest BCUT2D eigenvalue weighted by Crippen LogP contribution is 2.42. The Kier molecular flexibility index (Phi) is 3.22. The minimum atomic E-state index is -1.36. The van der Waals surface area contributed by atoms with E-state index >= 15 is 0 Å². The van der Waals surface area contributed by atoms with Crippen molar-refractivity contribution in [2.45, 2.75) is 43.3 Å². The Balaban J connectivity index is 1.27. The van der Waals surface area contributed by atoms with Crippen LogP contribution in [0.5, 0.6) is 0 Å². The Bertz CT molecular complexity index is 984. The maximum Gasteiger partial charge on any atom is 0.270 e. The fourth-order valence-corrected chi connectivity index (χ4v) is 5.09. The van der Waals surface area contributed by atoms with Crippen LogP contribution in [0.3, 0.4) is 0 Å². The second kappa shape index (κ2) is 5.81. The number of hydrazine groups is 1. The van der Waals surface area contributed by atoms with Crippen LogP contribution in [0.4, 0.5) is 0 Å². The molecule has 7 nitrogen and oxygen atoms in total. The molecule has 3 unspecified atom stereocenters. The second-order valence-corrected chi connectivity index (χ2v) is 8.67. The molecule has 6 rings (SSSR count). The average Bonchev–Trinajstić information content (AvgIpc) is 3.27. The van der Waals surface area contributed by atoms with Crippen LogP contribution in [0.1, 0.15) is 37.5 Å². The van der Waals surface area contributed by atoms with E-state index in [2.05, 4.69) is 15.7 Å². The molecule has 3 atom stereocenters. The van der Waals surface area contributed by atoms with Gasteiger partial charge in [-0.2, -0.15) is 0 Å². The lowest BCUT2D eigenvalue weighted by Crippen LogP contribution is -2.52. The molecule has 2 aromatic rings. The number of fused-ring (bicyclic) bond motifs is 4. The molecule has 3 saturated heterocycles. The van der Waals surface area contributed by atoms with Crippen molar-refractivity contribution in [3.05, 3.63) is 36.0 Å². The van der Waals surface area contributed by atoms with Gasteiger partial charge in [0.15, 0.2) is 0 Å². The van der Waals surface area contributed by atoms with E-state index in [1.807, 2.05) is 35.3 Å². The number of aromatic nitrogens is 1. The van der Waals surface area contributed by atoms with Crippen molar-refractivity contribution >= 4 is 22.7 Å². The first-order chi connectivity index (χ1) is 14.0. The van der Waals surface area contributed by atoms with Gasteiger partial charge in [-0.1, -0.05) is 18.2 Å². The van der Waals surface area contributed by atoms with Gasteiger partial charge in [0.2, 0.25) is 5.91 Å². The zero-order valence-electron chi connectivity index (χ0n) is 16.7. The number of nitrogens with one attached hydrogen (secondary N) is 3. The molecule has 1 aromatic heterocycles. The summed E-state index contributed by atoms with van der Waals surface area (Å²) in [5.41, 5.74) is 4.84. The van der Waals surface area contributed by atoms with E-state index in [1.165, 1.54) is 0 Å². The van der Waals surface area contributed by atoms with Crippen LogP contribution < -0.4 is 10.7 Å². The van der Waals surface area contributed by atoms with Gasteiger partial charge < -0.3 is 15.2 Å². The number of nitrogens with zero attached hydrogens (tertiary/aromatic N) is 2. The third kappa shape index (κ3) is 2.49. The predicted molar refractivity (Wildman–Crippen MR) is 104 cm³/mol. The SMILES string of the molecule is [2H]C12C(=O)NC3(CCN1NC1CCN(C(=O)c4cc5ccccc5[nH]4)CC12)CC3. The van der Waals surface area contributed by atoms with Crippen LogP contribution in [-0.4, -0.2) is 63.9 Å². The van der Waals surface area contributed by atoms with Crippen LogP contribution in [-0.2, 0) is 4.79 Å². The molecular weight excluding hydrogens is 354 g/mol. The Morgan fingerprint density at radius 2 is 2.07 bits per heavy atom. The summed E-state index contributed by atoms with van der Waals surface area (Å²) in [7, 11) is 0. The summed E-state index contributed by atoms with van der Waals surface area (Å²) >= 11 is 0. The molecule has 1 saturated carbocycles. The number of para-hydroxylation sites is 1. The van der Waals surface area contributed by atoms with Crippen molar-refractivity contribution < 1.29 is 11.0 Å². The lowest BCUT2D eigenvalue weighted by molar-refractivity contribution is -0.127. The first kappa shape index (κ1) is 15.5. The summed E-state index contributed by atoms with van der Waals surface area (Å²) in [6, 6.07) is 8.41. The van der Waals surface area contributed by atoms with Crippen molar-refractivity contribution in [1.82, 2.24) is 25.6 Å². The van der Waals surface area contributed by atoms with E-state index in [0.29, 0.717) is 25.3 Å². The van der Waals surface area contributed by atoms with Crippen molar-refractivity contribution in [2.24, 2.45) is 5.92 Å². The van der Waals surface area contributed by atoms with Crippen molar-refractivity contribution in [3.63, 3.8) is 0 Å². The normalized spacial score (nSPS) is 34.5. The Morgan fingerprint density at radius 1 is 1.21 bits per heavy atom. The van der Waals surface area contributed by atoms with Gasteiger partial charge in [0.25, 0.3) is 5.91 Å². The summed E-state index contributed by atoms with van der Waals surface area (Å²) in [4.78, 5) is 31.3. The number of hydrogen-bond acceptors (Lipinski definition) is 4. The number of benzene rings is 1.